The van der Waals surface area contributed by atoms with Gasteiger partial charge in [-0.1, -0.05) is 53.5 Å². The summed E-state index contributed by atoms with van der Waals surface area (Å²) in [7, 11) is -4.50. The molecule has 2 aromatic rings. The van der Waals surface area contributed by atoms with Gasteiger partial charge in [-0.05, 0) is 23.8 Å². The number of halogens is 2. The van der Waals surface area contributed by atoms with Crippen molar-refractivity contribution >= 4 is 45.6 Å². The van der Waals surface area contributed by atoms with Gasteiger partial charge >= 0.3 is 16.1 Å². The molecule has 0 aliphatic heterocycles. The number of carbonyl (C=O) groups excluding carboxylic acids is 2. The normalized spacial score (nSPS) is 13.7. The molecule has 1 atom stereocenters. The Bertz CT molecular complexity index is 902. The topological polar surface area (TPSA) is 104 Å². The highest BCUT2D eigenvalue weighted by molar-refractivity contribution is 7.87. The van der Waals surface area contributed by atoms with Gasteiger partial charge in [-0.3, -0.25) is 0 Å². The number of hydrogen-bond acceptors (Lipinski definition) is 6. The Hall–Kier alpha value is -1.93. The quantitative estimate of drug-likeness (QED) is 0.589. The second-order valence-electron chi connectivity index (χ2n) is 5.11. The van der Waals surface area contributed by atoms with Gasteiger partial charge in [-0.25, -0.2) is 4.79 Å². The van der Waals surface area contributed by atoms with E-state index in [9.17, 15) is 18.0 Å². The summed E-state index contributed by atoms with van der Waals surface area (Å²) >= 11 is 11.5. The van der Waals surface area contributed by atoms with Crippen LogP contribution in [0.15, 0.2) is 53.4 Å². The SMILES string of the molecule is NC(CC=O)(C(=O)OS(=O)(=O)c1ccc(Cl)c(Cl)c1)c1ccccc1. The summed E-state index contributed by atoms with van der Waals surface area (Å²) in [4.78, 5) is 23.0. The van der Waals surface area contributed by atoms with Crippen LogP contribution in [0.1, 0.15) is 12.0 Å². The van der Waals surface area contributed by atoms with E-state index in [4.69, 9.17) is 28.9 Å². The Morgan fingerprint density at radius 3 is 2.32 bits per heavy atom. The molecule has 25 heavy (non-hydrogen) atoms. The molecule has 0 amide bonds. The lowest BCUT2D eigenvalue weighted by atomic mass is 9.88. The molecule has 2 aromatic carbocycles. The minimum atomic E-state index is -4.50. The molecule has 132 valence electrons. The molecule has 0 heterocycles. The monoisotopic (exact) mass is 401 g/mol. The van der Waals surface area contributed by atoms with Crippen LogP contribution in [-0.2, 0) is 29.4 Å². The molecule has 2 rings (SSSR count). The van der Waals surface area contributed by atoms with Crippen molar-refractivity contribution in [2.24, 2.45) is 5.73 Å². The zero-order valence-corrected chi connectivity index (χ0v) is 15.0. The largest absolute Gasteiger partial charge is 0.347 e. The van der Waals surface area contributed by atoms with Gasteiger partial charge in [0.1, 0.15) is 16.7 Å². The predicted octanol–water partition coefficient (Wildman–Crippen LogP) is 2.67. The Morgan fingerprint density at radius 2 is 1.76 bits per heavy atom. The fraction of sp³-hybridized carbons (Fsp3) is 0.125. The maximum atomic E-state index is 12.5. The van der Waals surface area contributed by atoms with Gasteiger partial charge in [0.2, 0.25) is 0 Å². The Morgan fingerprint density at radius 1 is 1.12 bits per heavy atom. The predicted molar refractivity (Wildman–Crippen MR) is 92.7 cm³/mol. The fourth-order valence-corrected chi connectivity index (χ4v) is 3.34. The summed E-state index contributed by atoms with van der Waals surface area (Å²) in [6.45, 7) is 0. The molecule has 0 aliphatic carbocycles. The van der Waals surface area contributed by atoms with Gasteiger partial charge in [0, 0.05) is 6.42 Å². The van der Waals surface area contributed by atoms with E-state index < -0.39 is 28.0 Å². The summed E-state index contributed by atoms with van der Waals surface area (Å²) in [6, 6.07) is 11.3. The van der Waals surface area contributed by atoms with Crippen molar-refractivity contribution in [1.29, 1.82) is 0 Å². The van der Waals surface area contributed by atoms with Crippen molar-refractivity contribution in [3.05, 3.63) is 64.1 Å². The molecule has 0 aromatic heterocycles. The molecule has 1 unspecified atom stereocenters. The molecule has 2 N–H and O–H groups in total. The van der Waals surface area contributed by atoms with Crippen LogP contribution in [0.5, 0.6) is 0 Å². The standard InChI is InChI=1S/C16H13Cl2NO5S/c17-13-7-6-12(10-14(13)18)25(22,23)24-15(21)16(19,8-9-20)11-4-2-1-3-5-11/h1-7,9-10H,8,19H2. The summed E-state index contributed by atoms with van der Waals surface area (Å²) in [5, 5.41) is 0.124. The summed E-state index contributed by atoms with van der Waals surface area (Å²) in [5.41, 5.74) is 4.30. The van der Waals surface area contributed by atoms with Crippen LogP contribution >= 0.6 is 23.2 Å². The van der Waals surface area contributed by atoms with Gasteiger partial charge in [-0.2, -0.15) is 8.42 Å². The lowest BCUT2D eigenvalue weighted by molar-refractivity contribution is -0.141. The van der Waals surface area contributed by atoms with E-state index in [0.29, 0.717) is 6.29 Å². The van der Waals surface area contributed by atoms with Crippen molar-refractivity contribution in [1.82, 2.24) is 0 Å². The molecule has 9 heteroatoms. The molecule has 0 bridgehead atoms. The van der Waals surface area contributed by atoms with E-state index in [2.05, 4.69) is 4.18 Å². The van der Waals surface area contributed by atoms with Crippen molar-refractivity contribution in [2.75, 3.05) is 0 Å². The summed E-state index contributed by atoms with van der Waals surface area (Å²) < 4.78 is 29.2. The average molecular weight is 402 g/mol. The van der Waals surface area contributed by atoms with E-state index in [1.165, 1.54) is 18.2 Å². The number of hydrogen-bond donors (Lipinski definition) is 1. The molecule has 0 saturated carbocycles. The maximum absolute atomic E-state index is 12.5. The van der Waals surface area contributed by atoms with Crippen LogP contribution in [0.25, 0.3) is 0 Å². The molecule has 6 nitrogen and oxygen atoms in total. The summed E-state index contributed by atoms with van der Waals surface area (Å²) in [6.07, 6.45) is -0.0349. The van der Waals surface area contributed by atoms with Gasteiger partial charge < -0.3 is 14.7 Å². The number of carbonyl (C=O) groups is 2. The van der Waals surface area contributed by atoms with Gasteiger partial charge in [0.05, 0.1) is 10.0 Å². The zero-order chi connectivity index (χ0) is 18.7. The Kier molecular flexibility index (Phi) is 5.84. The average Bonchev–Trinajstić information content (AvgIpc) is 2.57. The van der Waals surface area contributed by atoms with Gasteiger partial charge in [0.15, 0.2) is 0 Å². The highest BCUT2D eigenvalue weighted by Gasteiger charge is 2.40. The number of benzene rings is 2. The molecule has 0 aliphatic rings. The van der Waals surface area contributed by atoms with E-state index in [-0.39, 0.29) is 20.5 Å². The van der Waals surface area contributed by atoms with Gasteiger partial charge in [0.25, 0.3) is 0 Å². The van der Waals surface area contributed by atoms with E-state index in [0.717, 1.165) is 12.1 Å². The zero-order valence-electron chi connectivity index (χ0n) is 12.7. The highest BCUT2D eigenvalue weighted by atomic mass is 35.5. The van der Waals surface area contributed by atoms with Crippen LogP contribution in [0.2, 0.25) is 10.0 Å². The Labute approximate surface area is 154 Å². The van der Waals surface area contributed by atoms with Crippen LogP contribution < -0.4 is 5.73 Å². The number of nitrogens with two attached hydrogens (primary N) is 1. The van der Waals surface area contributed by atoms with Crippen LogP contribution in [-0.4, -0.2) is 20.7 Å². The molecule has 0 fully saturated rings. The van der Waals surface area contributed by atoms with Crippen LogP contribution in [0.4, 0.5) is 0 Å². The third kappa shape index (κ3) is 4.19. The Balaban J connectivity index is 2.37. The first kappa shape index (κ1) is 19.4. The molecule has 0 spiro atoms. The minimum absolute atomic E-state index is 0.0197. The number of rotatable bonds is 6. The first-order chi connectivity index (χ1) is 11.7. The van der Waals surface area contributed by atoms with Crippen molar-refractivity contribution in [3.63, 3.8) is 0 Å². The minimum Gasteiger partial charge on any atom is -0.340 e. The third-order valence-corrected chi connectivity index (χ3v) is 5.36. The van der Waals surface area contributed by atoms with E-state index in [1.54, 1.807) is 18.2 Å². The molecule has 0 radical (unpaired) electrons. The van der Waals surface area contributed by atoms with E-state index in [1.807, 2.05) is 0 Å². The second kappa shape index (κ2) is 7.53. The lowest BCUT2D eigenvalue weighted by Gasteiger charge is -2.25. The van der Waals surface area contributed by atoms with Crippen LogP contribution in [0, 0.1) is 0 Å². The second-order valence-corrected chi connectivity index (χ2v) is 7.47. The molecular formula is C16H13Cl2NO5S. The molecular weight excluding hydrogens is 389 g/mol. The number of aldehydes is 1. The maximum Gasteiger partial charge on any atom is 0.347 e. The smallest absolute Gasteiger partial charge is 0.340 e. The summed E-state index contributed by atoms with van der Waals surface area (Å²) in [5.74, 6) is -1.28. The van der Waals surface area contributed by atoms with E-state index >= 15 is 0 Å². The van der Waals surface area contributed by atoms with Crippen molar-refractivity contribution in [3.8, 4) is 0 Å². The van der Waals surface area contributed by atoms with Crippen LogP contribution in [0.3, 0.4) is 0 Å². The first-order valence-corrected chi connectivity index (χ1v) is 9.09. The van der Waals surface area contributed by atoms with Crippen molar-refractivity contribution in [2.45, 2.75) is 16.9 Å². The van der Waals surface area contributed by atoms with Gasteiger partial charge in [-0.15, -0.1) is 0 Å². The van der Waals surface area contributed by atoms with Crippen molar-refractivity contribution < 1.29 is 22.2 Å². The highest BCUT2D eigenvalue weighted by Crippen LogP contribution is 2.28. The first-order valence-electron chi connectivity index (χ1n) is 6.93. The molecule has 0 saturated heterocycles. The lowest BCUT2D eigenvalue weighted by Crippen LogP contribution is -2.47. The fourth-order valence-electron chi connectivity index (χ4n) is 2.04. The third-order valence-electron chi connectivity index (χ3n) is 3.42.